The Hall–Kier alpha value is -3.09. The van der Waals surface area contributed by atoms with Gasteiger partial charge in [-0.25, -0.2) is 9.78 Å². The third-order valence-electron chi connectivity index (χ3n) is 5.56. The second kappa shape index (κ2) is 7.63. The number of nitrogens with two attached hydrogens (primary N) is 1. The predicted octanol–water partition coefficient (Wildman–Crippen LogP) is -0.567. The van der Waals surface area contributed by atoms with E-state index >= 15 is 0 Å². The van der Waals surface area contributed by atoms with E-state index in [9.17, 15) is 29.9 Å². The molecule has 4 rings (SSSR count). The Labute approximate surface area is 171 Å². The van der Waals surface area contributed by atoms with Crippen LogP contribution in [0.5, 0.6) is 11.5 Å². The summed E-state index contributed by atoms with van der Waals surface area (Å²) in [5.41, 5.74) is 6.27. The topological polar surface area (TPSA) is 182 Å². The number of nitrogens with zero attached hydrogens (tertiary/aromatic N) is 2. The molecule has 2 aromatic rings. The number of nitrogens with one attached hydrogen (secondary N) is 1. The molecule has 3 unspecified atom stereocenters. The van der Waals surface area contributed by atoms with Crippen LogP contribution in [-0.4, -0.2) is 73.3 Å². The van der Waals surface area contributed by atoms with Gasteiger partial charge in [-0.15, -0.1) is 0 Å². The molecule has 0 radical (unpaired) electrons. The van der Waals surface area contributed by atoms with Crippen LogP contribution in [0.4, 0.5) is 0 Å². The summed E-state index contributed by atoms with van der Waals surface area (Å²) >= 11 is 0. The number of imidazole rings is 1. The maximum atomic E-state index is 12.4. The van der Waals surface area contributed by atoms with Crippen LogP contribution in [0, 0.1) is 0 Å². The van der Waals surface area contributed by atoms with Crippen LogP contribution in [-0.2, 0) is 4.79 Å². The van der Waals surface area contributed by atoms with Gasteiger partial charge in [-0.2, -0.15) is 0 Å². The second-order valence-electron chi connectivity index (χ2n) is 7.56. The normalized spacial score (nSPS) is 21.6. The van der Waals surface area contributed by atoms with Crippen molar-refractivity contribution in [2.45, 2.75) is 30.3 Å². The van der Waals surface area contributed by atoms with Crippen LogP contribution in [0.1, 0.15) is 40.0 Å². The molecule has 1 saturated carbocycles. The smallest absolute Gasteiger partial charge is 0.455 e. The third kappa shape index (κ3) is 3.60. The van der Waals surface area contributed by atoms with Gasteiger partial charge in [0.2, 0.25) is 5.91 Å². The van der Waals surface area contributed by atoms with E-state index < -0.39 is 36.8 Å². The van der Waals surface area contributed by atoms with Crippen LogP contribution in [0.15, 0.2) is 24.7 Å². The highest BCUT2D eigenvalue weighted by molar-refractivity contribution is 6.44. The fourth-order valence-electron chi connectivity index (χ4n) is 3.73. The number of hydrogen-bond acceptors (Lipinski definition) is 8. The maximum absolute atomic E-state index is 12.4. The van der Waals surface area contributed by atoms with Crippen molar-refractivity contribution in [2.24, 2.45) is 5.73 Å². The van der Waals surface area contributed by atoms with Crippen molar-refractivity contribution in [1.82, 2.24) is 14.9 Å². The lowest BCUT2D eigenvalue weighted by Crippen LogP contribution is -2.58. The highest BCUT2D eigenvalue weighted by Crippen LogP contribution is 2.56. The van der Waals surface area contributed by atoms with Crippen molar-refractivity contribution < 1.29 is 34.6 Å². The summed E-state index contributed by atoms with van der Waals surface area (Å²) in [4.78, 5) is 32.3. The van der Waals surface area contributed by atoms with Crippen LogP contribution in [0.3, 0.4) is 0 Å². The molecule has 1 aliphatic heterocycles. The quantitative estimate of drug-likeness (QED) is 0.322. The Kier molecular flexibility index (Phi) is 5.14. The van der Waals surface area contributed by atoms with Gasteiger partial charge >= 0.3 is 13.1 Å². The van der Waals surface area contributed by atoms with Gasteiger partial charge in [0.05, 0.1) is 25.1 Å². The molecule has 2 heterocycles. The molecule has 30 heavy (non-hydrogen) atoms. The van der Waals surface area contributed by atoms with Gasteiger partial charge in [0, 0.05) is 12.0 Å². The first-order chi connectivity index (χ1) is 14.3. The van der Waals surface area contributed by atoms with Gasteiger partial charge < -0.3 is 40.6 Å². The van der Waals surface area contributed by atoms with Crippen molar-refractivity contribution >= 4 is 19.0 Å². The number of carbonyl (C=O) groups excluding carboxylic acids is 1. The fraction of sp³-hybridized carbons (Fsp3) is 0.389. The number of phenols is 1. The van der Waals surface area contributed by atoms with E-state index in [1.807, 2.05) is 0 Å². The zero-order valence-electron chi connectivity index (χ0n) is 15.8. The first-order valence-electron chi connectivity index (χ1n) is 9.43. The standard InChI is InChI=1S/C18H21BN4O7/c20-15(12-4-21-7-22-12)17(25)23-5-8(6-23)30-13-2-1-9(10-3-11(10)19(28)29)16(24)14(13)18(26)27/h1-2,4,7-8,10-11,15,24,28-29H,3,5-6,20H2,(H,21,22)(H,26,27). The summed E-state index contributed by atoms with van der Waals surface area (Å²) in [6.45, 7) is 0.444. The molecule has 1 saturated heterocycles. The molecule has 11 nitrogen and oxygen atoms in total. The Bertz CT molecular complexity index is 962. The van der Waals surface area contributed by atoms with E-state index in [2.05, 4.69) is 9.97 Å². The molecule has 7 N–H and O–H groups in total. The lowest BCUT2D eigenvalue weighted by molar-refractivity contribution is -0.141. The summed E-state index contributed by atoms with van der Waals surface area (Å²) in [7, 11) is -1.52. The van der Waals surface area contributed by atoms with Crippen LogP contribution < -0.4 is 10.5 Å². The zero-order chi connectivity index (χ0) is 21.6. The maximum Gasteiger partial charge on any atom is 0.455 e. The van der Waals surface area contributed by atoms with Gasteiger partial charge in [-0.05, 0) is 24.0 Å². The molecule has 3 atom stereocenters. The van der Waals surface area contributed by atoms with E-state index in [0.717, 1.165) is 0 Å². The number of aromatic amines is 1. The second-order valence-corrected chi connectivity index (χ2v) is 7.56. The highest BCUT2D eigenvalue weighted by atomic mass is 16.5. The molecule has 2 aliphatic rings. The molecular formula is C18H21BN4O7. The molecule has 1 aromatic carbocycles. The molecule has 0 bridgehead atoms. The molecule has 1 aliphatic carbocycles. The van der Waals surface area contributed by atoms with Crippen molar-refractivity contribution in [2.75, 3.05) is 13.1 Å². The van der Waals surface area contributed by atoms with Crippen molar-refractivity contribution in [3.63, 3.8) is 0 Å². The third-order valence-corrected chi connectivity index (χ3v) is 5.56. The van der Waals surface area contributed by atoms with Crippen molar-refractivity contribution in [3.05, 3.63) is 41.5 Å². The van der Waals surface area contributed by atoms with Crippen LogP contribution in [0.2, 0.25) is 5.82 Å². The number of carboxylic acid groups (broad SMARTS) is 1. The van der Waals surface area contributed by atoms with E-state index in [-0.39, 0.29) is 36.2 Å². The zero-order valence-corrected chi connectivity index (χ0v) is 15.8. The first kappa shape index (κ1) is 20.2. The number of rotatable bonds is 7. The largest absolute Gasteiger partial charge is 0.507 e. The lowest BCUT2D eigenvalue weighted by atomic mass is 9.81. The minimum Gasteiger partial charge on any atom is -0.507 e. The monoisotopic (exact) mass is 416 g/mol. The summed E-state index contributed by atoms with van der Waals surface area (Å²) in [6.07, 6.45) is 2.97. The molecule has 12 heteroatoms. The van der Waals surface area contributed by atoms with Gasteiger partial charge in [0.1, 0.15) is 29.2 Å². The Morgan fingerprint density at radius 1 is 1.33 bits per heavy atom. The first-order valence-corrected chi connectivity index (χ1v) is 9.43. The van der Waals surface area contributed by atoms with Crippen molar-refractivity contribution in [3.8, 4) is 11.5 Å². The number of carboxylic acids is 1. The number of H-pyrrole nitrogens is 1. The number of amides is 1. The number of aromatic carboxylic acids is 1. The van der Waals surface area contributed by atoms with Gasteiger partial charge in [0.15, 0.2) is 0 Å². The van der Waals surface area contributed by atoms with Crippen LogP contribution >= 0.6 is 0 Å². The van der Waals surface area contributed by atoms with E-state index in [0.29, 0.717) is 17.7 Å². The minimum absolute atomic E-state index is 0.0146. The van der Waals surface area contributed by atoms with Crippen molar-refractivity contribution in [1.29, 1.82) is 0 Å². The average Bonchev–Trinajstić information content (AvgIpc) is 3.27. The Morgan fingerprint density at radius 2 is 2.07 bits per heavy atom. The van der Waals surface area contributed by atoms with E-state index in [4.69, 9.17) is 10.5 Å². The highest BCUT2D eigenvalue weighted by Gasteiger charge is 2.48. The number of hydrogen-bond donors (Lipinski definition) is 6. The fourth-order valence-corrected chi connectivity index (χ4v) is 3.73. The van der Waals surface area contributed by atoms with Crippen LogP contribution in [0.25, 0.3) is 0 Å². The Balaban J connectivity index is 1.42. The predicted molar refractivity (Wildman–Crippen MR) is 103 cm³/mol. The number of carbonyl (C=O) groups is 2. The molecule has 0 spiro atoms. The van der Waals surface area contributed by atoms with Gasteiger partial charge in [-0.1, -0.05) is 6.07 Å². The Morgan fingerprint density at radius 3 is 2.63 bits per heavy atom. The summed E-state index contributed by atoms with van der Waals surface area (Å²) < 4.78 is 5.71. The summed E-state index contributed by atoms with van der Waals surface area (Å²) in [6, 6.07) is 2.07. The minimum atomic E-state index is -1.52. The molecule has 2 fully saturated rings. The SMILES string of the molecule is NC(C(=O)N1CC(Oc2ccc(C3CC3B(O)O)c(O)c2C(=O)O)C1)c1c[nH]cn1. The summed E-state index contributed by atoms with van der Waals surface area (Å²) in [5, 5.41) is 38.5. The number of likely N-dealkylation sites (tertiary alicyclic amines) is 1. The van der Waals surface area contributed by atoms with Gasteiger partial charge in [0.25, 0.3) is 0 Å². The molecule has 158 valence electrons. The lowest BCUT2D eigenvalue weighted by Gasteiger charge is -2.40. The number of ether oxygens (including phenoxy) is 1. The van der Waals surface area contributed by atoms with E-state index in [1.54, 1.807) is 6.20 Å². The number of aromatic nitrogens is 2. The molecular weight excluding hydrogens is 395 g/mol. The number of benzene rings is 1. The average molecular weight is 416 g/mol. The summed E-state index contributed by atoms with van der Waals surface area (Å²) in [5.74, 6) is -2.90. The van der Waals surface area contributed by atoms with E-state index in [1.165, 1.54) is 23.4 Å². The number of aromatic hydroxyl groups is 1. The molecule has 1 amide bonds. The molecule has 1 aromatic heterocycles. The van der Waals surface area contributed by atoms with Gasteiger partial charge in [-0.3, -0.25) is 4.79 Å².